The van der Waals surface area contributed by atoms with Gasteiger partial charge in [0.05, 0.1) is 13.0 Å². The number of ether oxygens (including phenoxy) is 1. The Morgan fingerprint density at radius 2 is 1.62 bits per heavy atom. The predicted molar refractivity (Wildman–Crippen MR) is 92.8 cm³/mol. The smallest absolute Gasteiger partial charge is 0.310 e. The number of hydrogen-bond acceptors (Lipinski definition) is 4. The van der Waals surface area contributed by atoms with E-state index >= 15 is 0 Å². The highest BCUT2D eigenvalue weighted by molar-refractivity contribution is 5.98. The first kappa shape index (κ1) is 19.9. The normalized spacial score (nSPS) is 11.9. The third-order valence-corrected chi connectivity index (χ3v) is 3.96. The molecule has 0 aliphatic rings. The number of carbonyl (C=O) groups is 3. The van der Waals surface area contributed by atoms with E-state index in [1.165, 1.54) is 7.11 Å². The number of nitrogens with zero attached hydrogens (tertiary/aromatic N) is 1. The summed E-state index contributed by atoms with van der Waals surface area (Å²) in [5, 5.41) is 0. The van der Waals surface area contributed by atoms with Gasteiger partial charge in [-0.05, 0) is 20.8 Å². The Morgan fingerprint density at radius 3 is 2.12 bits per heavy atom. The van der Waals surface area contributed by atoms with E-state index in [2.05, 4.69) is 0 Å². The molecule has 0 saturated heterocycles. The molecule has 0 aliphatic heterocycles. The van der Waals surface area contributed by atoms with E-state index in [4.69, 9.17) is 4.74 Å². The molecule has 24 heavy (non-hydrogen) atoms. The van der Waals surface area contributed by atoms with E-state index in [1.54, 1.807) is 24.0 Å². The van der Waals surface area contributed by atoms with Crippen LogP contribution in [0.4, 0.5) is 0 Å². The van der Waals surface area contributed by atoms with E-state index in [0.717, 1.165) is 5.56 Å². The molecule has 0 bridgehead atoms. The summed E-state index contributed by atoms with van der Waals surface area (Å²) in [4.78, 5) is 37.8. The molecule has 1 unspecified atom stereocenters. The maximum Gasteiger partial charge on any atom is 0.310 e. The monoisotopic (exact) mass is 333 g/mol. The minimum Gasteiger partial charge on any atom is -0.469 e. The summed E-state index contributed by atoms with van der Waals surface area (Å²) in [6.45, 7) is 7.77. The predicted octanol–water partition coefficient (Wildman–Crippen LogP) is 3.00. The molecule has 5 nitrogen and oxygen atoms in total. The third-order valence-electron chi connectivity index (χ3n) is 3.96. The van der Waals surface area contributed by atoms with Crippen LogP contribution in [0.25, 0.3) is 0 Å². The lowest BCUT2D eigenvalue weighted by molar-refractivity contribution is -0.146. The van der Waals surface area contributed by atoms with E-state index in [9.17, 15) is 14.4 Å². The number of esters is 1. The third kappa shape index (κ3) is 5.80. The Kier molecular flexibility index (Phi) is 7.62. The van der Waals surface area contributed by atoms with Crippen molar-refractivity contribution in [3.05, 3.63) is 35.4 Å². The van der Waals surface area contributed by atoms with E-state index in [1.807, 2.05) is 32.9 Å². The molecule has 0 spiro atoms. The zero-order chi connectivity index (χ0) is 18.3. The summed E-state index contributed by atoms with van der Waals surface area (Å²) < 4.78 is 4.71. The largest absolute Gasteiger partial charge is 0.469 e. The van der Waals surface area contributed by atoms with Gasteiger partial charge in [0.1, 0.15) is 0 Å². The first-order valence-electron chi connectivity index (χ1n) is 8.23. The van der Waals surface area contributed by atoms with Gasteiger partial charge in [-0.1, -0.05) is 36.8 Å². The maximum atomic E-state index is 12.4. The SMILES string of the molecule is COC(=O)C(C)CN(C(=O)CCC(=O)c1ccc(C)cc1)C(C)C. The Labute approximate surface area is 144 Å². The fraction of sp³-hybridized carbons (Fsp3) is 0.526. The van der Waals surface area contributed by atoms with Crippen LogP contribution in [0.5, 0.6) is 0 Å². The highest BCUT2D eigenvalue weighted by Crippen LogP contribution is 2.12. The highest BCUT2D eigenvalue weighted by atomic mass is 16.5. The van der Waals surface area contributed by atoms with Crippen LogP contribution < -0.4 is 0 Å². The lowest BCUT2D eigenvalue weighted by Crippen LogP contribution is -2.41. The summed E-state index contributed by atoms with van der Waals surface area (Å²) in [5.41, 5.74) is 1.71. The van der Waals surface area contributed by atoms with Crippen LogP contribution in [0.3, 0.4) is 0 Å². The summed E-state index contributed by atoms with van der Waals surface area (Å²) in [6, 6.07) is 7.28. The minimum atomic E-state index is -0.394. The topological polar surface area (TPSA) is 63.7 Å². The van der Waals surface area contributed by atoms with Gasteiger partial charge in [-0.3, -0.25) is 14.4 Å². The van der Waals surface area contributed by atoms with Gasteiger partial charge in [-0.25, -0.2) is 0 Å². The van der Waals surface area contributed by atoms with Gasteiger partial charge in [0, 0.05) is 31.0 Å². The van der Waals surface area contributed by atoms with E-state index in [-0.39, 0.29) is 36.5 Å². The summed E-state index contributed by atoms with van der Waals surface area (Å²) in [7, 11) is 1.33. The molecule has 0 fully saturated rings. The molecule has 132 valence electrons. The van der Waals surface area contributed by atoms with Gasteiger partial charge < -0.3 is 9.64 Å². The Morgan fingerprint density at radius 1 is 1.04 bits per heavy atom. The average molecular weight is 333 g/mol. The zero-order valence-corrected chi connectivity index (χ0v) is 15.2. The first-order chi connectivity index (χ1) is 11.3. The van der Waals surface area contributed by atoms with Crippen LogP contribution >= 0.6 is 0 Å². The molecule has 0 aromatic heterocycles. The molecule has 0 N–H and O–H groups in total. The Balaban J connectivity index is 2.63. The van der Waals surface area contributed by atoms with Crippen LogP contribution in [-0.2, 0) is 14.3 Å². The molecule has 5 heteroatoms. The van der Waals surface area contributed by atoms with E-state index in [0.29, 0.717) is 12.1 Å². The van der Waals surface area contributed by atoms with Gasteiger partial charge in [-0.15, -0.1) is 0 Å². The molecule has 1 aromatic carbocycles. The number of methoxy groups -OCH3 is 1. The number of hydrogen-bond donors (Lipinski definition) is 0. The van der Waals surface area contributed by atoms with Crippen molar-refractivity contribution in [2.45, 2.75) is 46.6 Å². The molecule has 0 heterocycles. The van der Waals surface area contributed by atoms with Crippen molar-refractivity contribution in [1.29, 1.82) is 0 Å². The summed E-state index contributed by atoms with van der Waals surface area (Å²) in [6.07, 6.45) is 0.302. The van der Waals surface area contributed by atoms with Crippen molar-refractivity contribution in [3.63, 3.8) is 0 Å². The lowest BCUT2D eigenvalue weighted by atomic mass is 10.0. The van der Waals surface area contributed by atoms with Gasteiger partial charge >= 0.3 is 5.97 Å². The van der Waals surface area contributed by atoms with E-state index < -0.39 is 5.92 Å². The minimum absolute atomic E-state index is 0.0425. The number of amides is 1. The van der Waals surface area contributed by atoms with Crippen LogP contribution in [0.1, 0.15) is 49.5 Å². The van der Waals surface area contributed by atoms with Crippen molar-refractivity contribution >= 4 is 17.7 Å². The fourth-order valence-electron chi connectivity index (χ4n) is 2.42. The molecule has 0 aliphatic carbocycles. The number of Topliss-reactive ketones (excluding diaryl/α,β-unsaturated/α-hetero) is 1. The van der Waals surface area contributed by atoms with Crippen molar-refractivity contribution in [1.82, 2.24) is 4.90 Å². The molecule has 1 rings (SSSR count). The second-order valence-corrected chi connectivity index (χ2v) is 6.35. The van der Waals surface area contributed by atoms with Crippen molar-refractivity contribution in [2.24, 2.45) is 5.92 Å². The average Bonchev–Trinajstić information content (AvgIpc) is 2.56. The number of benzene rings is 1. The van der Waals surface area contributed by atoms with Crippen molar-refractivity contribution in [2.75, 3.05) is 13.7 Å². The van der Waals surface area contributed by atoms with Gasteiger partial charge in [0.15, 0.2) is 5.78 Å². The summed E-state index contributed by atoms with van der Waals surface area (Å²) >= 11 is 0. The van der Waals surface area contributed by atoms with Gasteiger partial charge in [0.2, 0.25) is 5.91 Å². The second kappa shape index (κ2) is 9.21. The lowest BCUT2D eigenvalue weighted by Gasteiger charge is -2.28. The maximum absolute atomic E-state index is 12.4. The molecular weight excluding hydrogens is 306 g/mol. The van der Waals surface area contributed by atoms with Crippen molar-refractivity contribution < 1.29 is 19.1 Å². The van der Waals surface area contributed by atoms with Crippen LogP contribution in [0.15, 0.2) is 24.3 Å². The number of rotatable bonds is 8. The molecule has 0 radical (unpaired) electrons. The van der Waals surface area contributed by atoms with Crippen LogP contribution in [-0.4, -0.2) is 42.3 Å². The quantitative estimate of drug-likeness (QED) is 0.542. The number of aryl methyl sites for hydroxylation is 1. The zero-order valence-electron chi connectivity index (χ0n) is 15.2. The standard InChI is InChI=1S/C19H27NO4/c1-13(2)20(12-15(4)19(23)24-5)18(22)11-10-17(21)16-8-6-14(3)7-9-16/h6-9,13,15H,10-12H2,1-5H3. The second-order valence-electron chi connectivity index (χ2n) is 6.35. The number of carbonyl (C=O) groups excluding carboxylic acids is 3. The van der Waals surface area contributed by atoms with Gasteiger partial charge in [-0.2, -0.15) is 0 Å². The molecule has 0 saturated carbocycles. The molecule has 1 amide bonds. The summed E-state index contributed by atoms with van der Waals surface area (Å²) in [5.74, 6) is -0.910. The van der Waals surface area contributed by atoms with Gasteiger partial charge in [0.25, 0.3) is 0 Å². The Bertz CT molecular complexity index is 578. The molecular formula is C19H27NO4. The molecule has 1 atom stereocenters. The fourth-order valence-corrected chi connectivity index (χ4v) is 2.42. The first-order valence-corrected chi connectivity index (χ1v) is 8.23. The number of ketones is 1. The van der Waals surface area contributed by atoms with Crippen LogP contribution in [0.2, 0.25) is 0 Å². The van der Waals surface area contributed by atoms with Crippen molar-refractivity contribution in [3.8, 4) is 0 Å². The Hall–Kier alpha value is -2.17. The highest BCUT2D eigenvalue weighted by Gasteiger charge is 2.24. The van der Waals surface area contributed by atoms with Crippen LogP contribution in [0, 0.1) is 12.8 Å². The molecule has 1 aromatic rings.